The van der Waals surface area contributed by atoms with Gasteiger partial charge in [0.15, 0.2) is 0 Å². The van der Waals surface area contributed by atoms with Crippen molar-refractivity contribution < 1.29 is 22.7 Å². The van der Waals surface area contributed by atoms with Gasteiger partial charge < -0.3 is 14.8 Å². The first-order chi connectivity index (χ1) is 13.0. The van der Waals surface area contributed by atoms with Gasteiger partial charge in [0, 0.05) is 13.2 Å². The second-order valence-electron chi connectivity index (χ2n) is 6.17. The summed E-state index contributed by atoms with van der Waals surface area (Å²) in [5.41, 5.74) is 0.478. The molecule has 1 saturated heterocycles. The highest BCUT2D eigenvalue weighted by atomic mass is 32.2. The van der Waals surface area contributed by atoms with Crippen molar-refractivity contribution >= 4 is 21.6 Å². The number of anilines is 1. The molecule has 2 aromatic rings. The van der Waals surface area contributed by atoms with Crippen LogP contribution in [-0.4, -0.2) is 40.7 Å². The van der Waals surface area contributed by atoms with Crippen molar-refractivity contribution in [2.45, 2.75) is 23.8 Å². The minimum Gasteiger partial charge on any atom is -0.497 e. The van der Waals surface area contributed by atoms with Gasteiger partial charge in [-0.3, -0.25) is 9.52 Å². The fraction of sp³-hybridized carbons (Fsp3) is 0.316. The number of sulfonamides is 1. The van der Waals surface area contributed by atoms with Crippen LogP contribution in [0.2, 0.25) is 0 Å². The average molecular weight is 390 g/mol. The molecule has 0 saturated carbocycles. The summed E-state index contributed by atoms with van der Waals surface area (Å²) in [4.78, 5) is 12.6. The summed E-state index contributed by atoms with van der Waals surface area (Å²) in [6.45, 7) is 1.11. The lowest BCUT2D eigenvalue weighted by Gasteiger charge is -2.14. The van der Waals surface area contributed by atoms with Crippen molar-refractivity contribution in [3.63, 3.8) is 0 Å². The fourth-order valence-electron chi connectivity index (χ4n) is 2.84. The number of hydrogen-bond donors (Lipinski definition) is 2. The number of nitrogens with one attached hydrogen (secondary N) is 2. The van der Waals surface area contributed by atoms with Crippen LogP contribution in [0.5, 0.6) is 5.75 Å². The first-order valence-electron chi connectivity index (χ1n) is 8.65. The number of carbonyl (C=O) groups excluding carboxylic acids is 1. The van der Waals surface area contributed by atoms with Crippen LogP contribution < -0.4 is 14.8 Å². The molecule has 7 nitrogen and oxygen atoms in total. The molecule has 1 amide bonds. The lowest BCUT2D eigenvalue weighted by molar-refractivity contribution is 0.0858. The summed E-state index contributed by atoms with van der Waals surface area (Å²) in [7, 11) is -2.33. The van der Waals surface area contributed by atoms with Crippen LogP contribution in [0.4, 0.5) is 5.69 Å². The van der Waals surface area contributed by atoms with E-state index in [0.29, 0.717) is 18.9 Å². The first-order valence-corrected chi connectivity index (χ1v) is 10.1. The molecule has 1 fully saturated rings. The number of para-hydroxylation sites is 1. The molecule has 144 valence electrons. The zero-order valence-electron chi connectivity index (χ0n) is 15.0. The molecule has 2 aromatic carbocycles. The summed E-state index contributed by atoms with van der Waals surface area (Å²) >= 11 is 0. The Hall–Kier alpha value is -2.58. The molecule has 3 rings (SSSR count). The van der Waals surface area contributed by atoms with Crippen molar-refractivity contribution in [3.05, 3.63) is 54.1 Å². The van der Waals surface area contributed by atoms with Gasteiger partial charge in [-0.05, 0) is 49.2 Å². The molecule has 1 aliphatic heterocycles. The molecule has 8 heteroatoms. The van der Waals surface area contributed by atoms with E-state index < -0.39 is 10.0 Å². The Morgan fingerprint density at radius 2 is 1.93 bits per heavy atom. The molecular weight excluding hydrogens is 368 g/mol. The Balaban J connectivity index is 1.75. The fourth-order valence-corrected chi connectivity index (χ4v) is 3.92. The SMILES string of the molecule is COc1ccc(S(=O)(=O)Nc2ccccc2C(=O)NCC2CCCO2)cc1. The molecule has 1 atom stereocenters. The lowest BCUT2D eigenvalue weighted by atomic mass is 10.1. The van der Waals surface area contributed by atoms with E-state index in [2.05, 4.69) is 10.0 Å². The van der Waals surface area contributed by atoms with E-state index in [1.807, 2.05) is 0 Å². The molecule has 0 bridgehead atoms. The number of carbonyl (C=O) groups is 1. The molecular formula is C19H22N2O5S. The van der Waals surface area contributed by atoms with Gasteiger partial charge in [0.1, 0.15) is 5.75 Å². The van der Waals surface area contributed by atoms with Gasteiger partial charge in [-0.2, -0.15) is 0 Å². The van der Waals surface area contributed by atoms with Crippen molar-refractivity contribution in [2.75, 3.05) is 25.0 Å². The van der Waals surface area contributed by atoms with E-state index in [0.717, 1.165) is 12.8 Å². The highest BCUT2D eigenvalue weighted by molar-refractivity contribution is 7.92. The molecule has 0 aromatic heterocycles. The van der Waals surface area contributed by atoms with Crippen LogP contribution in [0.1, 0.15) is 23.2 Å². The third kappa shape index (κ3) is 4.78. The monoisotopic (exact) mass is 390 g/mol. The van der Waals surface area contributed by atoms with Gasteiger partial charge >= 0.3 is 0 Å². The van der Waals surface area contributed by atoms with Crippen LogP contribution in [-0.2, 0) is 14.8 Å². The predicted octanol–water partition coefficient (Wildman–Crippen LogP) is 2.40. The third-order valence-corrected chi connectivity index (χ3v) is 5.68. The molecule has 0 spiro atoms. The Kier molecular flexibility index (Phi) is 5.98. The predicted molar refractivity (Wildman–Crippen MR) is 102 cm³/mol. The van der Waals surface area contributed by atoms with Crippen LogP contribution in [0.15, 0.2) is 53.4 Å². The largest absolute Gasteiger partial charge is 0.497 e. The standard InChI is InChI=1S/C19H22N2O5S/c1-25-14-8-10-16(11-9-14)27(23,24)21-18-7-3-2-6-17(18)19(22)20-13-15-5-4-12-26-15/h2-3,6-11,15,21H,4-5,12-13H2,1H3,(H,20,22). The topological polar surface area (TPSA) is 93.7 Å². The number of rotatable bonds is 7. The molecule has 0 radical (unpaired) electrons. The molecule has 2 N–H and O–H groups in total. The average Bonchev–Trinajstić information content (AvgIpc) is 3.20. The van der Waals surface area contributed by atoms with Crippen LogP contribution >= 0.6 is 0 Å². The normalized spacial score (nSPS) is 16.7. The number of ether oxygens (including phenoxy) is 2. The highest BCUT2D eigenvalue weighted by Crippen LogP contribution is 2.22. The van der Waals surface area contributed by atoms with Gasteiger partial charge in [-0.25, -0.2) is 8.42 Å². The van der Waals surface area contributed by atoms with Crippen LogP contribution in [0, 0.1) is 0 Å². The summed E-state index contributed by atoms with van der Waals surface area (Å²) < 4.78 is 38.3. The van der Waals surface area contributed by atoms with E-state index in [4.69, 9.17) is 9.47 Å². The molecule has 27 heavy (non-hydrogen) atoms. The second-order valence-corrected chi connectivity index (χ2v) is 7.85. The van der Waals surface area contributed by atoms with Gasteiger partial charge in [-0.1, -0.05) is 12.1 Å². The second kappa shape index (κ2) is 8.41. The van der Waals surface area contributed by atoms with Crippen molar-refractivity contribution in [1.82, 2.24) is 5.32 Å². The Morgan fingerprint density at radius 3 is 2.59 bits per heavy atom. The van der Waals surface area contributed by atoms with Gasteiger partial charge in [0.25, 0.3) is 15.9 Å². The number of amides is 1. The lowest BCUT2D eigenvalue weighted by Crippen LogP contribution is -2.32. The number of hydrogen-bond acceptors (Lipinski definition) is 5. The van der Waals surface area contributed by atoms with Gasteiger partial charge in [0.2, 0.25) is 0 Å². The zero-order valence-corrected chi connectivity index (χ0v) is 15.8. The summed E-state index contributed by atoms with van der Waals surface area (Å²) in [6.07, 6.45) is 1.90. The van der Waals surface area contributed by atoms with Crippen molar-refractivity contribution in [3.8, 4) is 5.75 Å². The smallest absolute Gasteiger partial charge is 0.261 e. The van der Waals surface area contributed by atoms with Gasteiger partial charge in [0.05, 0.1) is 29.4 Å². The van der Waals surface area contributed by atoms with Crippen molar-refractivity contribution in [2.24, 2.45) is 0 Å². The highest BCUT2D eigenvalue weighted by Gasteiger charge is 2.20. The van der Waals surface area contributed by atoms with E-state index in [1.54, 1.807) is 36.4 Å². The number of methoxy groups -OCH3 is 1. The number of benzene rings is 2. The maximum atomic E-state index is 12.6. The maximum absolute atomic E-state index is 12.6. The molecule has 1 heterocycles. The van der Waals surface area contributed by atoms with Gasteiger partial charge in [-0.15, -0.1) is 0 Å². The minimum absolute atomic E-state index is 0.0112. The summed E-state index contributed by atoms with van der Waals surface area (Å²) in [5.74, 6) is 0.210. The Labute approximate surface area is 158 Å². The van der Waals surface area contributed by atoms with Crippen LogP contribution in [0.25, 0.3) is 0 Å². The van der Waals surface area contributed by atoms with Crippen LogP contribution in [0.3, 0.4) is 0 Å². The quantitative estimate of drug-likeness (QED) is 0.757. The van der Waals surface area contributed by atoms with E-state index in [1.165, 1.54) is 19.2 Å². The Bertz CT molecular complexity index is 891. The maximum Gasteiger partial charge on any atom is 0.261 e. The summed E-state index contributed by atoms with van der Waals surface area (Å²) in [6, 6.07) is 12.5. The van der Waals surface area contributed by atoms with E-state index >= 15 is 0 Å². The van der Waals surface area contributed by atoms with E-state index in [-0.39, 0.29) is 28.2 Å². The molecule has 1 aliphatic rings. The molecule has 1 unspecified atom stereocenters. The first kappa shape index (κ1) is 19.2. The third-order valence-electron chi connectivity index (χ3n) is 4.30. The minimum atomic E-state index is -3.84. The van der Waals surface area contributed by atoms with Crippen molar-refractivity contribution in [1.29, 1.82) is 0 Å². The van der Waals surface area contributed by atoms with E-state index in [9.17, 15) is 13.2 Å². The summed E-state index contributed by atoms with van der Waals surface area (Å²) in [5, 5.41) is 2.81. The Morgan fingerprint density at radius 1 is 1.19 bits per heavy atom. The molecule has 0 aliphatic carbocycles. The zero-order chi connectivity index (χ0) is 19.3.